The average Bonchev–Trinajstić information content (AvgIpc) is 3.40. The third-order valence-corrected chi connectivity index (χ3v) is 5.07. The van der Waals surface area contributed by atoms with Crippen LogP contribution in [0.25, 0.3) is 22.2 Å². The van der Waals surface area contributed by atoms with Crippen LogP contribution in [0.3, 0.4) is 0 Å². The monoisotopic (exact) mass is 375 g/mol. The Kier molecular flexibility index (Phi) is 3.84. The number of amides is 1. The molecule has 4 heterocycles. The van der Waals surface area contributed by atoms with Gasteiger partial charge in [0.1, 0.15) is 5.76 Å². The van der Waals surface area contributed by atoms with Gasteiger partial charge in [0.25, 0.3) is 5.91 Å². The van der Waals surface area contributed by atoms with Gasteiger partial charge in [-0.1, -0.05) is 0 Å². The Morgan fingerprint density at radius 3 is 2.86 bits per heavy atom. The zero-order valence-corrected chi connectivity index (χ0v) is 14.8. The summed E-state index contributed by atoms with van der Waals surface area (Å²) in [5.41, 5.74) is 6.36. The van der Waals surface area contributed by atoms with Crippen LogP contribution >= 0.6 is 0 Å². The molecule has 3 aromatic heterocycles. The first-order valence-corrected chi connectivity index (χ1v) is 8.92. The molecule has 28 heavy (non-hydrogen) atoms. The van der Waals surface area contributed by atoms with E-state index in [4.69, 9.17) is 9.62 Å². The number of carbonyl (C=O) groups excluding carboxylic acids is 1. The zero-order chi connectivity index (χ0) is 19.1. The van der Waals surface area contributed by atoms with Gasteiger partial charge in [-0.05, 0) is 30.3 Å². The number of carbonyl (C=O) groups is 1. The van der Waals surface area contributed by atoms with E-state index in [1.54, 1.807) is 11.7 Å². The smallest absolute Gasteiger partial charge is 0.277 e. The Morgan fingerprint density at radius 1 is 1.25 bits per heavy atom. The van der Waals surface area contributed by atoms with E-state index in [2.05, 4.69) is 38.1 Å². The molecule has 3 N–H and O–H groups in total. The lowest BCUT2D eigenvalue weighted by Crippen LogP contribution is -2.31. The molecule has 0 saturated heterocycles. The van der Waals surface area contributed by atoms with Crippen molar-refractivity contribution in [3.8, 4) is 11.3 Å². The van der Waals surface area contributed by atoms with Crippen LogP contribution in [0.4, 0.5) is 5.95 Å². The minimum atomic E-state index is -0.630. The molecule has 0 bridgehead atoms. The van der Waals surface area contributed by atoms with E-state index < -0.39 is 5.91 Å². The second kappa shape index (κ2) is 6.50. The van der Waals surface area contributed by atoms with Crippen molar-refractivity contribution in [2.45, 2.75) is 13.0 Å². The van der Waals surface area contributed by atoms with Gasteiger partial charge in [0.15, 0.2) is 0 Å². The Hall–Kier alpha value is -3.65. The number of H-pyrrole nitrogens is 1. The van der Waals surface area contributed by atoms with Gasteiger partial charge in [-0.15, -0.1) is 0 Å². The van der Waals surface area contributed by atoms with Gasteiger partial charge in [-0.2, -0.15) is 0 Å². The van der Waals surface area contributed by atoms with E-state index in [1.165, 1.54) is 23.7 Å². The molecule has 8 heteroatoms. The molecule has 5 rings (SSSR count). The van der Waals surface area contributed by atoms with E-state index in [-0.39, 0.29) is 5.56 Å². The number of hydroxylamine groups is 1. The van der Waals surface area contributed by atoms with Crippen LogP contribution in [0.2, 0.25) is 0 Å². The molecular formula is C20H17N5O3. The van der Waals surface area contributed by atoms with Crippen molar-refractivity contribution < 1.29 is 14.4 Å². The molecule has 1 aliphatic rings. The Labute approximate surface area is 159 Å². The number of aromatic nitrogens is 3. The van der Waals surface area contributed by atoms with Crippen molar-refractivity contribution in [3.05, 3.63) is 65.8 Å². The van der Waals surface area contributed by atoms with Gasteiger partial charge in [0.05, 0.1) is 11.8 Å². The highest BCUT2D eigenvalue weighted by Crippen LogP contribution is 2.32. The van der Waals surface area contributed by atoms with Gasteiger partial charge in [0, 0.05) is 59.6 Å². The molecular weight excluding hydrogens is 358 g/mol. The van der Waals surface area contributed by atoms with Gasteiger partial charge in [-0.3, -0.25) is 10.0 Å². The SMILES string of the molecule is O=C(NO)c1cnc(N2CCc3[nH]c4ccc(-c5ccco5)cc4c3C2)nc1. The van der Waals surface area contributed by atoms with Crippen LogP contribution in [-0.4, -0.2) is 32.6 Å². The van der Waals surface area contributed by atoms with Gasteiger partial charge < -0.3 is 14.3 Å². The number of furan rings is 1. The van der Waals surface area contributed by atoms with E-state index in [1.807, 2.05) is 12.1 Å². The molecule has 0 radical (unpaired) electrons. The zero-order valence-electron chi connectivity index (χ0n) is 14.8. The molecule has 1 aromatic carbocycles. The summed E-state index contributed by atoms with van der Waals surface area (Å²) in [6.45, 7) is 1.44. The molecule has 4 aromatic rings. The van der Waals surface area contributed by atoms with Crippen molar-refractivity contribution in [1.29, 1.82) is 0 Å². The predicted molar refractivity (Wildman–Crippen MR) is 102 cm³/mol. The first kappa shape index (κ1) is 16.5. The normalized spacial score (nSPS) is 13.5. The molecule has 8 nitrogen and oxygen atoms in total. The summed E-state index contributed by atoms with van der Waals surface area (Å²) in [7, 11) is 0. The molecule has 0 aliphatic carbocycles. The van der Waals surface area contributed by atoms with Crippen LogP contribution in [0, 0.1) is 0 Å². The van der Waals surface area contributed by atoms with Crippen LogP contribution in [0.5, 0.6) is 0 Å². The highest BCUT2D eigenvalue weighted by atomic mass is 16.5. The van der Waals surface area contributed by atoms with Crippen molar-refractivity contribution >= 4 is 22.8 Å². The second-order valence-electron chi connectivity index (χ2n) is 6.70. The number of hydrogen-bond acceptors (Lipinski definition) is 6. The van der Waals surface area contributed by atoms with Crippen molar-refractivity contribution in [2.24, 2.45) is 0 Å². The maximum absolute atomic E-state index is 11.4. The fraction of sp³-hybridized carbons (Fsp3) is 0.150. The summed E-state index contributed by atoms with van der Waals surface area (Å²) < 4.78 is 5.53. The minimum Gasteiger partial charge on any atom is -0.464 e. The molecule has 0 saturated carbocycles. The lowest BCUT2D eigenvalue weighted by Gasteiger charge is -2.27. The van der Waals surface area contributed by atoms with Crippen molar-refractivity contribution in [3.63, 3.8) is 0 Å². The first-order valence-electron chi connectivity index (χ1n) is 8.92. The number of nitrogens with one attached hydrogen (secondary N) is 2. The number of nitrogens with zero attached hydrogens (tertiary/aromatic N) is 3. The van der Waals surface area contributed by atoms with Gasteiger partial charge >= 0.3 is 0 Å². The van der Waals surface area contributed by atoms with Gasteiger partial charge in [-0.25, -0.2) is 15.4 Å². The quantitative estimate of drug-likeness (QED) is 0.375. The molecule has 0 fully saturated rings. The Balaban J connectivity index is 1.48. The highest BCUT2D eigenvalue weighted by molar-refractivity contribution is 5.92. The minimum absolute atomic E-state index is 0.208. The van der Waals surface area contributed by atoms with Crippen molar-refractivity contribution in [2.75, 3.05) is 11.4 Å². The molecule has 140 valence electrons. The molecule has 0 spiro atoms. The Bertz CT molecular complexity index is 1150. The van der Waals surface area contributed by atoms with Crippen LogP contribution in [0.1, 0.15) is 21.6 Å². The fourth-order valence-corrected chi connectivity index (χ4v) is 3.65. The molecule has 0 atom stereocenters. The van der Waals surface area contributed by atoms with Crippen molar-refractivity contribution in [1.82, 2.24) is 20.4 Å². The third-order valence-electron chi connectivity index (χ3n) is 5.07. The van der Waals surface area contributed by atoms with E-state index in [9.17, 15) is 4.79 Å². The number of hydrogen-bond donors (Lipinski definition) is 3. The average molecular weight is 375 g/mol. The van der Waals surface area contributed by atoms with E-state index in [0.29, 0.717) is 12.5 Å². The Morgan fingerprint density at radius 2 is 2.11 bits per heavy atom. The molecule has 1 amide bonds. The fourth-order valence-electron chi connectivity index (χ4n) is 3.65. The summed E-state index contributed by atoms with van der Waals surface area (Å²) in [4.78, 5) is 25.6. The lowest BCUT2D eigenvalue weighted by atomic mass is 10.0. The molecule has 1 aliphatic heterocycles. The molecule has 0 unspecified atom stereocenters. The number of aromatic amines is 1. The number of anilines is 1. The van der Waals surface area contributed by atoms with Gasteiger partial charge in [0.2, 0.25) is 5.95 Å². The first-order chi connectivity index (χ1) is 13.7. The highest BCUT2D eigenvalue weighted by Gasteiger charge is 2.23. The summed E-state index contributed by atoms with van der Waals surface area (Å²) >= 11 is 0. The predicted octanol–water partition coefficient (Wildman–Crippen LogP) is 2.90. The second-order valence-corrected chi connectivity index (χ2v) is 6.70. The number of fused-ring (bicyclic) bond motifs is 3. The summed E-state index contributed by atoms with van der Waals surface area (Å²) in [5, 5.41) is 9.86. The van der Waals surface area contributed by atoms with Crippen LogP contribution in [-0.2, 0) is 13.0 Å². The number of rotatable bonds is 3. The van der Waals surface area contributed by atoms with Crippen LogP contribution < -0.4 is 10.4 Å². The number of benzene rings is 1. The summed E-state index contributed by atoms with van der Waals surface area (Å²) in [5.74, 6) is 0.761. The maximum Gasteiger partial charge on any atom is 0.277 e. The summed E-state index contributed by atoms with van der Waals surface area (Å²) in [6, 6.07) is 10.1. The largest absolute Gasteiger partial charge is 0.464 e. The topological polar surface area (TPSA) is 107 Å². The third kappa shape index (κ3) is 2.71. The standard InChI is InChI=1S/C20H17N5O3/c26-19(24-27)13-9-21-20(22-10-13)25-6-5-17-15(11-25)14-8-12(3-4-16(14)23-17)18-2-1-7-28-18/h1-4,7-10,23,27H,5-6,11H2,(H,24,26). The van der Waals surface area contributed by atoms with E-state index in [0.717, 1.165) is 35.2 Å². The lowest BCUT2D eigenvalue weighted by molar-refractivity contribution is 0.0705. The summed E-state index contributed by atoms with van der Waals surface area (Å²) in [6.07, 6.45) is 5.34. The maximum atomic E-state index is 11.4. The van der Waals surface area contributed by atoms with Crippen LogP contribution in [0.15, 0.2) is 53.4 Å². The van der Waals surface area contributed by atoms with E-state index >= 15 is 0 Å².